The lowest BCUT2D eigenvalue weighted by Crippen LogP contribution is -2.06. The summed E-state index contributed by atoms with van der Waals surface area (Å²) in [5.41, 5.74) is 2.85. The van der Waals surface area contributed by atoms with E-state index >= 15 is 0 Å². The summed E-state index contributed by atoms with van der Waals surface area (Å²) in [5, 5.41) is 7.10. The van der Waals surface area contributed by atoms with E-state index in [1.54, 1.807) is 0 Å². The molecule has 2 aliphatic rings. The molecule has 0 saturated carbocycles. The van der Waals surface area contributed by atoms with Gasteiger partial charge in [-0.3, -0.25) is 4.79 Å². The van der Waals surface area contributed by atoms with Gasteiger partial charge in [0.05, 0.1) is 0 Å². The number of aliphatic carboxylic acids is 1. The molecule has 0 heterocycles. The number of alkyl halides is 1. The van der Waals surface area contributed by atoms with Gasteiger partial charge in [-0.1, -0.05) is 24.3 Å². The molecule has 12 heavy (non-hydrogen) atoms. The summed E-state index contributed by atoms with van der Waals surface area (Å²) in [6, 6.07) is 8.48. The first-order valence-corrected chi connectivity index (χ1v) is 4.02. The second-order valence-electron chi connectivity index (χ2n) is 2.53. The van der Waals surface area contributed by atoms with Gasteiger partial charge in [0.25, 0.3) is 0 Å². The van der Waals surface area contributed by atoms with E-state index in [4.69, 9.17) is 16.7 Å². The van der Waals surface area contributed by atoms with Crippen molar-refractivity contribution in [2.24, 2.45) is 0 Å². The van der Waals surface area contributed by atoms with E-state index in [9.17, 15) is 4.79 Å². The predicted octanol–water partition coefficient (Wildman–Crippen LogP) is 2.37. The summed E-state index contributed by atoms with van der Waals surface area (Å²) in [6.45, 7) is 1.41. The molecule has 0 aromatic carbocycles. The van der Waals surface area contributed by atoms with Crippen LogP contribution in [-0.4, -0.2) is 16.5 Å². The molecular formula is C9H9ClO2. The second-order valence-corrected chi connectivity index (χ2v) is 3.19. The maximum Gasteiger partial charge on any atom is 0.321 e. The van der Waals surface area contributed by atoms with Gasteiger partial charge < -0.3 is 5.11 Å². The Morgan fingerprint density at radius 2 is 1.58 bits per heavy atom. The van der Waals surface area contributed by atoms with E-state index < -0.39 is 11.3 Å². The molecule has 2 aliphatic carbocycles. The summed E-state index contributed by atoms with van der Waals surface area (Å²) in [6.07, 6.45) is 0. The zero-order valence-corrected chi connectivity index (χ0v) is 7.38. The number of carboxylic acid groups (broad SMARTS) is 1. The Balaban J connectivity index is 0.000000120. The Bertz CT molecular complexity index is 256. The molecule has 0 bridgehead atoms. The Hall–Kier alpha value is -1.02. The molecule has 1 unspecified atom stereocenters. The highest BCUT2D eigenvalue weighted by Gasteiger charge is 2.04. The van der Waals surface area contributed by atoms with E-state index in [1.807, 2.05) is 0 Å². The van der Waals surface area contributed by atoms with E-state index in [0.29, 0.717) is 0 Å². The Morgan fingerprint density at radius 3 is 1.58 bits per heavy atom. The zero-order valence-electron chi connectivity index (χ0n) is 6.62. The van der Waals surface area contributed by atoms with Gasteiger partial charge in [-0.25, -0.2) is 0 Å². The van der Waals surface area contributed by atoms with Crippen molar-refractivity contribution in [3.8, 4) is 11.1 Å². The highest BCUT2D eigenvalue weighted by molar-refractivity contribution is 6.29. The largest absolute Gasteiger partial charge is 0.480 e. The van der Waals surface area contributed by atoms with Gasteiger partial charge in [0.1, 0.15) is 5.38 Å². The first kappa shape index (κ1) is 9.07. The van der Waals surface area contributed by atoms with Gasteiger partial charge in [-0.05, 0) is 18.1 Å². The summed E-state index contributed by atoms with van der Waals surface area (Å²) in [4.78, 5) is 9.57. The van der Waals surface area contributed by atoms with Crippen LogP contribution in [0.1, 0.15) is 6.92 Å². The van der Waals surface area contributed by atoms with E-state index in [2.05, 4.69) is 24.3 Å². The van der Waals surface area contributed by atoms with Gasteiger partial charge in [0, 0.05) is 0 Å². The van der Waals surface area contributed by atoms with Crippen LogP contribution in [0.3, 0.4) is 0 Å². The average Bonchev–Trinajstić information content (AvgIpc) is 1.97. The highest BCUT2D eigenvalue weighted by atomic mass is 35.5. The SMILES string of the molecule is CC(Cl)C(=O)O.c1cc2ccc1-2. The number of benzene rings is 1. The molecule has 0 aliphatic heterocycles. The zero-order chi connectivity index (χ0) is 9.14. The van der Waals surface area contributed by atoms with Crippen molar-refractivity contribution in [2.45, 2.75) is 12.3 Å². The molecule has 64 valence electrons. The minimum Gasteiger partial charge on any atom is -0.480 e. The number of fused-ring (bicyclic) bond motifs is 1. The maximum absolute atomic E-state index is 9.57. The predicted molar refractivity (Wildman–Crippen MR) is 48.4 cm³/mol. The standard InChI is InChI=1S/C6H4.C3H5ClO2/c1-2-6-4-3-5(1)6;1-2(4)3(5)6/h1-4H;2H,1H3,(H,5,6). The smallest absolute Gasteiger partial charge is 0.321 e. The minimum atomic E-state index is -0.975. The molecule has 0 radical (unpaired) electrons. The normalized spacial score (nSPS) is 12.5. The third kappa shape index (κ3) is 1.98. The Kier molecular flexibility index (Phi) is 2.71. The van der Waals surface area contributed by atoms with Gasteiger partial charge >= 0.3 is 5.97 Å². The third-order valence-corrected chi connectivity index (χ3v) is 1.75. The number of carbonyl (C=O) groups is 1. The van der Waals surface area contributed by atoms with Crippen LogP contribution < -0.4 is 0 Å². The van der Waals surface area contributed by atoms with Crippen molar-refractivity contribution in [3.63, 3.8) is 0 Å². The van der Waals surface area contributed by atoms with Crippen LogP contribution in [0.4, 0.5) is 0 Å². The summed E-state index contributed by atoms with van der Waals surface area (Å²) < 4.78 is 0. The molecule has 0 saturated heterocycles. The lowest BCUT2D eigenvalue weighted by Gasteiger charge is -2.10. The summed E-state index contributed by atoms with van der Waals surface area (Å²) >= 11 is 5.01. The number of hydrogen-bond donors (Lipinski definition) is 1. The Morgan fingerprint density at radius 1 is 1.33 bits per heavy atom. The fourth-order valence-electron chi connectivity index (χ4n) is 0.663. The van der Waals surface area contributed by atoms with E-state index in [-0.39, 0.29) is 0 Å². The number of carboxylic acids is 1. The monoisotopic (exact) mass is 184 g/mol. The van der Waals surface area contributed by atoms with Crippen LogP contribution in [0.25, 0.3) is 11.1 Å². The molecular weight excluding hydrogens is 176 g/mol. The first-order chi connectivity index (χ1) is 5.61. The van der Waals surface area contributed by atoms with Crippen molar-refractivity contribution in [1.29, 1.82) is 0 Å². The molecule has 2 nitrogen and oxygen atoms in total. The van der Waals surface area contributed by atoms with Crippen molar-refractivity contribution >= 4 is 17.6 Å². The third-order valence-electron chi connectivity index (χ3n) is 1.56. The van der Waals surface area contributed by atoms with Crippen molar-refractivity contribution in [1.82, 2.24) is 0 Å². The minimum absolute atomic E-state index is 0.759. The Labute approximate surface area is 75.8 Å². The van der Waals surface area contributed by atoms with Crippen molar-refractivity contribution < 1.29 is 9.90 Å². The maximum atomic E-state index is 9.57. The fourth-order valence-corrected chi connectivity index (χ4v) is 0.663. The van der Waals surface area contributed by atoms with Crippen LogP contribution in [0.2, 0.25) is 0 Å². The van der Waals surface area contributed by atoms with Gasteiger partial charge in [-0.2, -0.15) is 0 Å². The topological polar surface area (TPSA) is 37.3 Å². The van der Waals surface area contributed by atoms with Crippen molar-refractivity contribution in [3.05, 3.63) is 24.3 Å². The van der Waals surface area contributed by atoms with E-state index in [1.165, 1.54) is 18.1 Å². The van der Waals surface area contributed by atoms with Crippen LogP contribution in [0, 0.1) is 0 Å². The van der Waals surface area contributed by atoms with Gasteiger partial charge in [0.15, 0.2) is 0 Å². The summed E-state index contributed by atoms with van der Waals surface area (Å²) in [7, 11) is 0. The molecule has 3 heteroatoms. The molecule has 0 aromatic rings. The fraction of sp³-hybridized carbons (Fsp3) is 0.222. The quantitative estimate of drug-likeness (QED) is 0.691. The molecule has 0 spiro atoms. The molecule has 0 fully saturated rings. The molecule has 0 aromatic heterocycles. The van der Waals surface area contributed by atoms with Gasteiger partial charge in [0.2, 0.25) is 0 Å². The number of hydrogen-bond acceptors (Lipinski definition) is 1. The van der Waals surface area contributed by atoms with Gasteiger partial charge in [-0.15, -0.1) is 11.6 Å². The first-order valence-electron chi connectivity index (χ1n) is 3.58. The van der Waals surface area contributed by atoms with Crippen LogP contribution in [-0.2, 0) is 4.79 Å². The van der Waals surface area contributed by atoms with Crippen molar-refractivity contribution in [2.75, 3.05) is 0 Å². The molecule has 2 rings (SSSR count). The number of rotatable bonds is 1. The number of halogens is 1. The second kappa shape index (κ2) is 3.59. The van der Waals surface area contributed by atoms with Crippen LogP contribution in [0.5, 0.6) is 0 Å². The highest BCUT2D eigenvalue weighted by Crippen LogP contribution is 2.29. The molecule has 1 atom stereocenters. The molecule has 1 N–H and O–H groups in total. The van der Waals surface area contributed by atoms with Crippen LogP contribution >= 0.6 is 11.6 Å². The summed E-state index contributed by atoms with van der Waals surface area (Å²) in [5.74, 6) is -0.975. The average molecular weight is 185 g/mol. The van der Waals surface area contributed by atoms with E-state index in [0.717, 1.165) is 0 Å². The molecule has 0 amide bonds. The lowest BCUT2D eigenvalue weighted by molar-refractivity contribution is -0.136. The lowest BCUT2D eigenvalue weighted by atomic mass is 9.95. The van der Waals surface area contributed by atoms with Crippen LogP contribution in [0.15, 0.2) is 24.3 Å².